The molecule has 2 aromatic carbocycles. The highest BCUT2D eigenvalue weighted by atomic mass is 19.2. The third-order valence-corrected chi connectivity index (χ3v) is 5.59. The second kappa shape index (κ2) is 8.62. The van der Waals surface area contributed by atoms with Crippen LogP contribution in [-0.4, -0.2) is 0 Å². The third kappa shape index (κ3) is 4.41. The van der Waals surface area contributed by atoms with Crippen LogP contribution in [0.4, 0.5) is 8.78 Å². The highest BCUT2D eigenvalue weighted by Crippen LogP contribution is 2.36. The van der Waals surface area contributed by atoms with E-state index in [9.17, 15) is 8.78 Å². The summed E-state index contributed by atoms with van der Waals surface area (Å²) in [5.74, 6) is -0.198. The van der Waals surface area contributed by atoms with Crippen molar-refractivity contribution in [1.82, 2.24) is 0 Å². The van der Waals surface area contributed by atoms with Gasteiger partial charge in [-0.3, -0.25) is 0 Å². The normalized spacial score (nSPS) is 21.4. The molecule has 1 aliphatic carbocycles. The minimum Gasteiger partial charge on any atom is -0.203 e. The van der Waals surface area contributed by atoms with E-state index in [-0.39, 0.29) is 0 Å². The average Bonchev–Trinajstić information content (AvgIpc) is 2.68. The third-order valence-electron chi connectivity index (χ3n) is 5.59. The van der Waals surface area contributed by atoms with Gasteiger partial charge >= 0.3 is 0 Å². The van der Waals surface area contributed by atoms with E-state index in [0.29, 0.717) is 17.0 Å². The molecule has 0 amide bonds. The summed E-state index contributed by atoms with van der Waals surface area (Å²) in [6, 6.07) is 14.4. The van der Waals surface area contributed by atoms with Crippen LogP contribution in [-0.2, 0) is 6.42 Å². The molecule has 26 heavy (non-hydrogen) atoms. The van der Waals surface area contributed by atoms with E-state index in [2.05, 4.69) is 13.8 Å². The Bertz CT molecular complexity index is 733. The maximum absolute atomic E-state index is 14.6. The molecule has 0 unspecified atom stereocenters. The lowest BCUT2D eigenvalue weighted by atomic mass is 9.79. The fourth-order valence-electron chi connectivity index (χ4n) is 3.85. The predicted molar refractivity (Wildman–Crippen MR) is 106 cm³/mol. The van der Waals surface area contributed by atoms with Crippen LogP contribution in [0.3, 0.4) is 0 Å². The zero-order chi connectivity index (χ0) is 18.5. The molecule has 0 saturated heterocycles. The molecule has 0 radical (unpaired) electrons. The zero-order valence-corrected chi connectivity index (χ0v) is 15.8. The second-order valence-electron chi connectivity index (χ2n) is 7.65. The Hall–Kier alpha value is -1.96. The van der Waals surface area contributed by atoms with Crippen molar-refractivity contribution < 1.29 is 8.78 Å². The summed E-state index contributed by atoms with van der Waals surface area (Å²) in [6.07, 6.45) is 6.88. The largest absolute Gasteiger partial charge is 0.203 e. The van der Waals surface area contributed by atoms with Gasteiger partial charge in [-0.2, -0.15) is 0 Å². The van der Waals surface area contributed by atoms with Crippen molar-refractivity contribution in [2.75, 3.05) is 0 Å². The van der Waals surface area contributed by atoms with Gasteiger partial charge in [-0.05, 0) is 42.2 Å². The highest BCUT2D eigenvalue weighted by Gasteiger charge is 2.20. The van der Waals surface area contributed by atoms with Gasteiger partial charge in [0, 0.05) is 11.1 Å². The van der Waals surface area contributed by atoms with Gasteiger partial charge in [-0.1, -0.05) is 81.6 Å². The van der Waals surface area contributed by atoms with Gasteiger partial charge in [0.1, 0.15) is 0 Å². The Morgan fingerprint density at radius 2 is 1.31 bits per heavy atom. The Balaban J connectivity index is 1.75. The lowest BCUT2D eigenvalue weighted by Gasteiger charge is -2.26. The van der Waals surface area contributed by atoms with Gasteiger partial charge in [0.05, 0.1) is 0 Å². The minimum absolute atomic E-state index is 0.299. The summed E-state index contributed by atoms with van der Waals surface area (Å²) in [7, 11) is 0. The van der Waals surface area contributed by atoms with E-state index < -0.39 is 11.7 Å². The maximum Gasteiger partial charge on any atom is 0.166 e. The van der Waals surface area contributed by atoms with Crippen molar-refractivity contribution in [1.29, 1.82) is 0 Å². The van der Waals surface area contributed by atoms with Crippen molar-refractivity contribution in [3.63, 3.8) is 0 Å². The van der Waals surface area contributed by atoms with Crippen LogP contribution < -0.4 is 0 Å². The number of aryl methyl sites for hydroxylation is 1. The van der Waals surface area contributed by atoms with E-state index in [1.54, 1.807) is 24.3 Å². The Kier molecular flexibility index (Phi) is 6.24. The smallest absolute Gasteiger partial charge is 0.166 e. The number of benzene rings is 2. The van der Waals surface area contributed by atoms with Gasteiger partial charge in [0.25, 0.3) is 0 Å². The number of rotatable bonds is 5. The van der Waals surface area contributed by atoms with Crippen LogP contribution in [0.1, 0.15) is 74.1 Å². The summed E-state index contributed by atoms with van der Waals surface area (Å²) in [5.41, 5.74) is 3.01. The van der Waals surface area contributed by atoms with Crippen LogP contribution in [0.2, 0.25) is 0 Å². The van der Waals surface area contributed by atoms with Crippen molar-refractivity contribution in [3.8, 4) is 0 Å². The fraction of sp³-hybridized carbons (Fsp3) is 0.417. The van der Waals surface area contributed by atoms with Crippen LogP contribution in [0.5, 0.6) is 0 Å². The van der Waals surface area contributed by atoms with Gasteiger partial charge in [0.15, 0.2) is 11.7 Å². The van der Waals surface area contributed by atoms with Crippen LogP contribution in [0.25, 0.3) is 11.7 Å². The fourth-order valence-corrected chi connectivity index (χ4v) is 3.85. The molecule has 0 aliphatic heterocycles. The molecule has 138 valence electrons. The first-order chi connectivity index (χ1) is 12.6. The molecular weight excluding hydrogens is 326 g/mol. The number of hydrogen-bond acceptors (Lipinski definition) is 0. The molecule has 0 atom stereocenters. The summed E-state index contributed by atoms with van der Waals surface area (Å²) in [5, 5.41) is 0. The predicted octanol–water partition coefficient (Wildman–Crippen LogP) is 7.70. The molecule has 0 heterocycles. The average molecular weight is 354 g/mol. The first-order valence-corrected chi connectivity index (χ1v) is 9.83. The molecule has 1 fully saturated rings. The SMILES string of the molecule is CCCc1ccc(/C(F)=C(\F)c2ccc(C3CCC(C)CC3)cc2)cc1. The summed E-state index contributed by atoms with van der Waals surface area (Å²) >= 11 is 0. The molecule has 0 aromatic heterocycles. The van der Waals surface area contributed by atoms with Gasteiger partial charge in [-0.15, -0.1) is 0 Å². The van der Waals surface area contributed by atoms with Crippen LogP contribution in [0.15, 0.2) is 48.5 Å². The first kappa shape index (κ1) is 18.8. The maximum atomic E-state index is 14.6. The second-order valence-corrected chi connectivity index (χ2v) is 7.65. The molecule has 0 spiro atoms. The Labute approximate surface area is 156 Å². The van der Waals surface area contributed by atoms with E-state index in [1.807, 2.05) is 24.3 Å². The van der Waals surface area contributed by atoms with E-state index in [4.69, 9.17) is 0 Å². The quantitative estimate of drug-likeness (QED) is 0.483. The molecular formula is C24H28F2. The number of hydrogen-bond donors (Lipinski definition) is 0. The zero-order valence-electron chi connectivity index (χ0n) is 15.8. The van der Waals surface area contributed by atoms with Gasteiger partial charge in [0.2, 0.25) is 0 Å². The van der Waals surface area contributed by atoms with Crippen LogP contribution >= 0.6 is 0 Å². The molecule has 0 N–H and O–H groups in total. The first-order valence-electron chi connectivity index (χ1n) is 9.83. The molecule has 2 aromatic rings. The molecule has 1 aliphatic rings. The van der Waals surface area contributed by atoms with Crippen molar-refractivity contribution >= 4 is 11.7 Å². The van der Waals surface area contributed by atoms with Gasteiger partial charge < -0.3 is 0 Å². The Morgan fingerprint density at radius 3 is 1.81 bits per heavy atom. The lowest BCUT2D eigenvalue weighted by Crippen LogP contribution is -2.10. The molecule has 0 bridgehead atoms. The Morgan fingerprint density at radius 1 is 0.808 bits per heavy atom. The summed E-state index contributed by atoms with van der Waals surface area (Å²) in [4.78, 5) is 0. The van der Waals surface area contributed by atoms with E-state index >= 15 is 0 Å². The van der Waals surface area contributed by atoms with E-state index in [1.165, 1.54) is 31.2 Å². The van der Waals surface area contributed by atoms with E-state index in [0.717, 1.165) is 24.3 Å². The standard InChI is InChI=1S/C24H28F2/c1-3-4-18-7-11-21(12-8-18)23(25)24(26)22-15-13-20(14-16-22)19-9-5-17(2)6-10-19/h7-8,11-17,19H,3-6,9-10H2,1-2H3/b24-23+. The molecule has 3 rings (SSSR count). The van der Waals surface area contributed by atoms with Crippen molar-refractivity contribution in [3.05, 3.63) is 70.8 Å². The van der Waals surface area contributed by atoms with Gasteiger partial charge in [-0.25, -0.2) is 8.78 Å². The topological polar surface area (TPSA) is 0 Å². The molecule has 1 saturated carbocycles. The van der Waals surface area contributed by atoms with Crippen molar-refractivity contribution in [2.45, 2.75) is 58.3 Å². The van der Waals surface area contributed by atoms with Crippen LogP contribution in [0, 0.1) is 5.92 Å². The molecule has 0 nitrogen and oxygen atoms in total. The summed E-state index contributed by atoms with van der Waals surface area (Å²) in [6.45, 7) is 4.41. The monoisotopic (exact) mass is 354 g/mol. The number of halogens is 2. The minimum atomic E-state index is -0.785. The molecule has 2 heteroatoms. The lowest BCUT2D eigenvalue weighted by molar-refractivity contribution is 0.348. The highest BCUT2D eigenvalue weighted by molar-refractivity contribution is 5.83. The summed E-state index contributed by atoms with van der Waals surface area (Å²) < 4.78 is 29.1. The van der Waals surface area contributed by atoms with Crippen molar-refractivity contribution in [2.24, 2.45) is 5.92 Å².